The normalized spacial score (nSPS) is 16.1. The maximum Gasteiger partial charge on any atom is 0.335 e. The van der Waals surface area contributed by atoms with Crippen LogP contribution in [0, 0.1) is 17.7 Å². The molecule has 3 N–H and O–H groups in total. The zero-order valence-electron chi connectivity index (χ0n) is 21.4. The van der Waals surface area contributed by atoms with Crippen LogP contribution >= 0.6 is 0 Å². The van der Waals surface area contributed by atoms with Crippen LogP contribution in [-0.4, -0.2) is 22.1 Å². The predicted molar refractivity (Wildman–Crippen MR) is 141 cm³/mol. The van der Waals surface area contributed by atoms with Crippen LogP contribution in [0.1, 0.15) is 89.6 Å². The molecular weight excluding hydrogens is 469 g/mol. The first kappa shape index (κ1) is 26.1. The Morgan fingerprint density at radius 2 is 1.51 bits per heavy atom. The van der Waals surface area contributed by atoms with Crippen molar-refractivity contribution in [1.82, 2.24) is 0 Å². The summed E-state index contributed by atoms with van der Waals surface area (Å²) in [7, 11) is 0. The highest BCUT2D eigenvalue weighted by Crippen LogP contribution is 2.49. The Hall–Kier alpha value is -3.95. The first-order valence-corrected chi connectivity index (χ1v) is 12.2. The molecule has 1 amide bonds. The average Bonchev–Trinajstić information content (AvgIpc) is 2.85. The first-order valence-electron chi connectivity index (χ1n) is 12.2. The van der Waals surface area contributed by atoms with Gasteiger partial charge >= 0.3 is 5.97 Å². The van der Waals surface area contributed by atoms with Crippen LogP contribution in [0.3, 0.4) is 0 Å². The summed E-state index contributed by atoms with van der Waals surface area (Å²) in [5.74, 6) is 3.94. The van der Waals surface area contributed by atoms with Crippen LogP contribution in [0.25, 0.3) is 0 Å². The van der Waals surface area contributed by atoms with Gasteiger partial charge in [-0.15, -0.1) is 0 Å². The zero-order valence-corrected chi connectivity index (χ0v) is 21.4. The molecule has 5 nitrogen and oxygen atoms in total. The average molecular weight is 500 g/mol. The van der Waals surface area contributed by atoms with E-state index >= 15 is 0 Å². The summed E-state index contributed by atoms with van der Waals surface area (Å²) in [6.45, 7) is 8.59. The first-order chi connectivity index (χ1) is 17.4. The fourth-order valence-corrected chi connectivity index (χ4v) is 4.80. The number of nitrogens with one attached hydrogen (secondary N) is 1. The monoisotopic (exact) mass is 499 g/mol. The van der Waals surface area contributed by atoms with E-state index in [1.54, 1.807) is 18.2 Å². The van der Waals surface area contributed by atoms with E-state index in [1.807, 2.05) is 6.07 Å². The van der Waals surface area contributed by atoms with Gasteiger partial charge in [0.25, 0.3) is 5.91 Å². The Balaban J connectivity index is 1.75. The van der Waals surface area contributed by atoms with Gasteiger partial charge in [-0.1, -0.05) is 45.6 Å². The number of amides is 1. The van der Waals surface area contributed by atoms with Gasteiger partial charge in [0.15, 0.2) is 0 Å². The summed E-state index contributed by atoms with van der Waals surface area (Å²) in [5, 5.41) is 23.1. The number of rotatable bonds is 4. The molecule has 3 aromatic rings. The molecule has 1 aliphatic carbocycles. The Kier molecular flexibility index (Phi) is 6.94. The molecule has 3 aromatic carbocycles. The van der Waals surface area contributed by atoms with Gasteiger partial charge in [0.2, 0.25) is 0 Å². The van der Waals surface area contributed by atoms with Gasteiger partial charge in [-0.25, -0.2) is 9.18 Å². The lowest BCUT2D eigenvalue weighted by Gasteiger charge is -2.43. The largest absolute Gasteiger partial charge is 0.478 e. The number of aliphatic hydroxyl groups excluding tert-OH is 1. The van der Waals surface area contributed by atoms with Gasteiger partial charge in [-0.2, -0.15) is 0 Å². The Morgan fingerprint density at radius 1 is 0.919 bits per heavy atom. The Labute approximate surface area is 216 Å². The van der Waals surface area contributed by atoms with Crippen LogP contribution in [-0.2, 0) is 10.8 Å². The second kappa shape index (κ2) is 9.84. The van der Waals surface area contributed by atoms with Gasteiger partial charge in [-0.3, -0.25) is 4.79 Å². The molecule has 6 heteroatoms. The van der Waals surface area contributed by atoms with Crippen LogP contribution in [0.15, 0.2) is 60.7 Å². The SMILES string of the molecule is CC1(C)CCC(C)(C)c2c(NC(=O)c3ccc(F)cc3)cc(C(O)C#Cc3ccc(C(=O)O)cc3)cc21. The minimum Gasteiger partial charge on any atom is -0.478 e. The molecule has 0 aromatic heterocycles. The summed E-state index contributed by atoms with van der Waals surface area (Å²) in [6.07, 6.45) is 0.742. The van der Waals surface area contributed by atoms with E-state index < -0.39 is 17.9 Å². The molecule has 37 heavy (non-hydrogen) atoms. The van der Waals surface area contributed by atoms with E-state index in [-0.39, 0.29) is 22.3 Å². The maximum atomic E-state index is 13.4. The van der Waals surface area contributed by atoms with E-state index in [0.717, 1.165) is 24.0 Å². The molecule has 1 atom stereocenters. The third-order valence-corrected chi connectivity index (χ3v) is 7.10. The van der Waals surface area contributed by atoms with E-state index in [2.05, 4.69) is 44.9 Å². The van der Waals surface area contributed by atoms with E-state index in [9.17, 15) is 19.1 Å². The second-order valence-electron chi connectivity index (χ2n) is 10.8. The summed E-state index contributed by atoms with van der Waals surface area (Å²) in [5.41, 5.74) is 3.89. The lowest BCUT2D eigenvalue weighted by molar-refractivity contribution is 0.0696. The molecule has 0 saturated carbocycles. The number of hydrogen-bond donors (Lipinski definition) is 3. The molecule has 0 aliphatic heterocycles. The number of carboxylic acid groups (broad SMARTS) is 1. The lowest BCUT2D eigenvalue weighted by Crippen LogP contribution is -2.35. The van der Waals surface area contributed by atoms with Crippen molar-refractivity contribution < 1.29 is 24.2 Å². The van der Waals surface area contributed by atoms with Gasteiger partial charge < -0.3 is 15.5 Å². The van der Waals surface area contributed by atoms with Crippen LogP contribution in [0.2, 0.25) is 0 Å². The number of hydrogen-bond acceptors (Lipinski definition) is 3. The number of carbonyl (C=O) groups excluding carboxylic acids is 1. The highest BCUT2D eigenvalue weighted by molar-refractivity contribution is 6.05. The summed E-state index contributed by atoms with van der Waals surface area (Å²) >= 11 is 0. The highest BCUT2D eigenvalue weighted by atomic mass is 19.1. The second-order valence-corrected chi connectivity index (χ2v) is 10.8. The molecular formula is C31H30FNO4. The summed E-state index contributed by atoms with van der Waals surface area (Å²) < 4.78 is 13.4. The minimum absolute atomic E-state index is 0.159. The van der Waals surface area contributed by atoms with Gasteiger partial charge in [0, 0.05) is 16.8 Å². The van der Waals surface area contributed by atoms with Crippen molar-refractivity contribution in [2.45, 2.75) is 57.5 Å². The van der Waals surface area contributed by atoms with E-state index in [1.165, 1.54) is 36.4 Å². The topological polar surface area (TPSA) is 86.6 Å². The van der Waals surface area contributed by atoms with E-state index in [0.29, 0.717) is 22.4 Å². The summed E-state index contributed by atoms with van der Waals surface area (Å²) in [6, 6.07) is 15.2. The molecule has 1 aliphatic rings. The molecule has 0 radical (unpaired) electrons. The van der Waals surface area contributed by atoms with Crippen molar-refractivity contribution in [2.75, 3.05) is 5.32 Å². The Bertz CT molecular complexity index is 1410. The maximum absolute atomic E-state index is 13.4. The van der Waals surface area contributed by atoms with Gasteiger partial charge in [0.1, 0.15) is 11.9 Å². The van der Waals surface area contributed by atoms with Crippen molar-refractivity contribution >= 4 is 17.6 Å². The van der Waals surface area contributed by atoms with Crippen molar-refractivity contribution in [1.29, 1.82) is 0 Å². The van der Waals surface area contributed by atoms with Crippen molar-refractivity contribution in [3.8, 4) is 11.8 Å². The molecule has 0 fully saturated rings. The van der Waals surface area contributed by atoms with Crippen LogP contribution in [0.5, 0.6) is 0 Å². The third-order valence-electron chi connectivity index (χ3n) is 7.10. The number of aliphatic hydroxyl groups is 1. The number of fused-ring (bicyclic) bond motifs is 1. The third kappa shape index (κ3) is 5.58. The van der Waals surface area contributed by atoms with Crippen molar-refractivity contribution in [2.24, 2.45) is 0 Å². The molecule has 1 unspecified atom stereocenters. The van der Waals surface area contributed by atoms with E-state index in [4.69, 9.17) is 5.11 Å². The van der Waals surface area contributed by atoms with Gasteiger partial charge in [0.05, 0.1) is 5.56 Å². The molecule has 0 saturated heterocycles. The Morgan fingerprint density at radius 3 is 2.14 bits per heavy atom. The quantitative estimate of drug-likeness (QED) is 0.373. The highest BCUT2D eigenvalue weighted by Gasteiger charge is 2.39. The fourth-order valence-electron chi connectivity index (χ4n) is 4.80. The molecule has 0 bridgehead atoms. The van der Waals surface area contributed by atoms with Gasteiger partial charge in [-0.05, 0) is 95.0 Å². The molecule has 190 valence electrons. The number of anilines is 1. The number of aromatic carboxylic acids is 1. The molecule has 0 heterocycles. The van der Waals surface area contributed by atoms with Crippen LogP contribution < -0.4 is 5.32 Å². The minimum atomic E-state index is -1.13. The molecule has 4 rings (SSSR count). The van der Waals surface area contributed by atoms with Crippen molar-refractivity contribution in [3.05, 3.63) is 99.9 Å². The standard InChI is InChI=1S/C31H30FNO4/c1-30(2)15-16-31(3,4)27-24(30)17-22(18-25(27)33-28(35)20-10-12-23(32)13-11-20)26(34)14-7-19-5-8-21(9-6-19)29(36)37/h5-6,8-13,17-18,26,34H,15-16H2,1-4H3,(H,33,35)(H,36,37). The van der Waals surface area contributed by atoms with Crippen LogP contribution in [0.4, 0.5) is 10.1 Å². The number of carboxylic acids is 1. The predicted octanol–water partition coefficient (Wildman–Crippen LogP) is 6.21. The summed E-state index contributed by atoms with van der Waals surface area (Å²) in [4.78, 5) is 24.2. The number of carbonyl (C=O) groups is 2. The van der Waals surface area contributed by atoms with Crippen molar-refractivity contribution in [3.63, 3.8) is 0 Å². The number of halogens is 1. The smallest absolute Gasteiger partial charge is 0.335 e. The fraction of sp³-hybridized carbons (Fsp3) is 0.290. The number of benzene rings is 3. The zero-order chi connectivity index (χ0) is 27.0. The molecule has 0 spiro atoms. The lowest BCUT2D eigenvalue weighted by atomic mass is 9.62.